The van der Waals surface area contributed by atoms with Crippen molar-refractivity contribution >= 4 is 25.7 Å². The molecule has 8 heteroatoms. The predicted molar refractivity (Wildman–Crippen MR) is 115 cm³/mol. The summed E-state index contributed by atoms with van der Waals surface area (Å²) in [5.41, 5.74) is 2.68. The molecule has 158 valence electrons. The fourth-order valence-electron chi connectivity index (χ4n) is 4.06. The van der Waals surface area contributed by atoms with Gasteiger partial charge in [0.25, 0.3) is 10.0 Å². The first-order chi connectivity index (χ1) is 13.5. The monoisotopic (exact) mass is 436 g/mol. The van der Waals surface area contributed by atoms with E-state index in [0.717, 1.165) is 24.8 Å². The minimum Gasteiger partial charge on any atom is -0.280 e. The van der Waals surface area contributed by atoms with Crippen LogP contribution in [0.3, 0.4) is 0 Å². The summed E-state index contributed by atoms with van der Waals surface area (Å²) in [4.78, 5) is 0.429. The zero-order valence-corrected chi connectivity index (χ0v) is 18.9. The van der Waals surface area contributed by atoms with Gasteiger partial charge in [0.15, 0.2) is 0 Å². The molecule has 3 rings (SSSR count). The summed E-state index contributed by atoms with van der Waals surface area (Å²) in [5, 5.41) is 0. The summed E-state index contributed by atoms with van der Waals surface area (Å²) in [6, 6.07) is 9.55. The number of hydrogen-bond acceptors (Lipinski definition) is 4. The van der Waals surface area contributed by atoms with Crippen LogP contribution in [0.15, 0.2) is 46.2 Å². The number of hydrogen-bond donors (Lipinski definition) is 1. The SMILES string of the molecule is Cc1cc(C)c(S(=O)(=O)Nc2ccc(S(=O)(=O)N3CCCC[C@@H]3C)cc2)c(C)c1. The van der Waals surface area contributed by atoms with Gasteiger partial charge in [0, 0.05) is 18.3 Å². The van der Waals surface area contributed by atoms with Gasteiger partial charge in [0.05, 0.1) is 9.79 Å². The van der Waals surface area contributed by atoms with Crippen LogP contribution in [0, 0.1) is 20.8 Å². The van der Waals surface area contributed by atoms with Crippen LogP contribution in [0.4, 0.5) is 5.69 Å². The minimum atomic E-state index is -3.78. The van der Waals surface area contributed by atoms with Crippen LogP contribution in [-0.4, -0.2) is 33.7 Å². The maximum Gasteiger partial charge on any atom is 0.262 e. The molecule has 2 aromatic carbocycles. The number of anilines is 1. The van der Waals surface area contributed by atoms with Crippen LogP contribution in [0.2, 0.25) is 0 Å². The Morgan fingerprint density at radius 3 is 2.07 bits per heavy atom. The van der Waals surface area contributed by atoms with Crippen LogP contribution in [0.25, 0.3) is 0 Å². The van der Waals surface area contributed by atoms with E-state index in [9.17, 15) is 16.8 Å². The number of rotatable bonds is 5. The highest BCUT2D eigenvalue weighted by atomic mass is 32.2. The molecule has 0 aromatic heterocycles. The molecule has 0 unspecified atom stereocenters. The van der Waals surface area contributed by atoms with Gasteiger partial charge in [-0.25, -0.2) is 16.8 Å². The highest BCUT2D eigenvalue weighted by molar-refractivity contribution is 7.92. The number of aryl methyl sites for hydroxylation is 3. The van der Waals surface area contributed by atoms with E-state index in [0.29, 0.717) is 23.4 Å². The Bertz CT molecular complexity index is 1080. The van der Waals surface area contributed by atoms with Crippen molar-refractivity contribution in [3.63, 3.8) is 0 Å². The fraction of sp³-hybridized carbons (Fsp3) is 0.429. The summed E-state index contributed by atoms with van der Waals surface area (Å²) >= 11 is 0. The smallest absolute Gasteiger partial charge is 0.262 e. The molecule has 0 amide bonds. The van der Waals surface area contributed by atoms with Crippen LogP contribution in [0.5, 0.6) is 0 Å². The number of benzene rings is 2. The standard InChI is InChI=1S/C21H28N2O4S2/c1-15-13-16(2)21(17(3)14-15)28(24,25)22-19-8-10-20(11-9-19)29(26,27)23-12-6-5-7-18(23)4/h8-11,13-14,18,22H,5-7,12H2,1-4H3/t18-/m0/s1. The molecule has 0 saturated carbocycles. The first kappa shape index (κ1) is 21.8. The normalized spacial score (nSPS) is 18.6. The van der Waals surface area contributed by atoms with Crippen LogP contribution in [0.1, 0.15) is 42.9 Å². The molecule has 1 aliphatic heterocycles. The lowest BCUT2D eigenvalue weighted by molar-refractivity contribution is 0.268. The number of piperidine rings is 1. The second-order valence-corrected chi connectivity index (χ2v) is 11.3. The second kappa shape index (κ2) is 8.08. The van der Waals surface area contributed by atoms with Crippen molar-refractivity contribution in [1.82, 2.24) is 4.31 Å². The average molecular weight is 437 g/mol. The highest BCUT2D eigenvalue weighted by Crippen LogP contribution is 2.28. The summed E-state index contributed by atoms with van der Waals surface area (Å²) in [7, 11) is -7.36. The van der Waals surface area contributed by atoms with Gasteiger partial charge in [-0.05, 0) is 75.9 Å². The lowest BCUT2D eigenvalue weighted by atomic mass is 10.1. The van der Waals surface area contributed by atoms with E-state index in [2.05, 4.69) is 4.72 Å². The largest absolute Gasteiger partial charge is 0.280 e. The molecule has 1 aliphatic rings. The molecule has 1 heterocycles. The first-order valence-corrected chi connectivity index (χ1v) is 12.7. The molecular weight excluding hydrogens is 408 g/mol. The van der Waals surface area contributed by atoms with Gasteiger partial charge in [-0.2, -0.15) is 4.31 Å². The van der Waals surface area contributed by atoms with E-state index >= 15 is 0 Å². The molecule has 0 bridgehead atoms. The van der Waals surface area contributed by atoms with Crippen molar-refractivity contribution in [1.29, 1.82) is 0 Å². The Morgan fingerprint density at radius 2 is 1.52 bits per heavy atom. The number of nitrogens with zero attached hydrogens (tertiary/aromatic N) is 1. The quantitative estimate of drug-likeness (QED) is 0.769. The van der Waals surface area contributed by atoms with Crippen molar-refractivity contribution in [2.45, 2.75) is 62.8 Å². The molecule has 0 aliphatic carbocycles. The van der Waals surface area contributed by atoms with Crippen molar-refractivity contribution in [3.8, 4) is 0 Å². The number of sulfonamides is 2. The van der Waals surface area contributed by atoms with E-state index in [-0.39, 0.29) is 15.8 Å². The Balaban J connectivity index is 1.86. The minimum absolute atomic E-state index is 0.0283. The van der Waals surface area contributed by atoms with Crippen molar-refractivity contribution in [2.24, 2.45) is 0 Å². The van der Waals surface area contributed by atoms with Crippen molar-refractivity contribution < 1.29 is 16.8 Å². The van der Waals surface area contributed by atoms with Crippen molar-refractivity contribution in [3.05, 3.63) is 53.1 Å². The maximum atomic E-state index is 12.9. The summed E-state index contributed by atoms with van der Waals surface area (Å²) < 4.78 is 55.7. The molecule has 0 spiro atoms. The van der Waals surface area contributed by atoms with E-state index in [1.165, 1.54) is 28.6 Å². The Hall–Kier alpha value is -1.90. The summed E-state index contributed by atoms with van der Waals surface area (Å²) in [6.07, 6.45) is 2.74. The molecule has 1 saturated heterocycles. The second-order valence-electron chi connectivity index (χ2n) is 7.82. The fourth-order valence-corrected chi connectivity index (χ4v) is 7.27. The highest BCUT2D eigenvalue weighted by Gasteiger charge is 2.31. The lowest BCUT2D eigenvalue weighted by Gasteiger charge is -2.32. The third kappa shape index (κ3) is 4.49. The van der Waals surface area contributed by atoms with Gasteiger partial charge in [0.1, 0.15) is 0 Å². The zero-order chi connectivity index (χ0) is 21.4. The molecule has 29 heavy (non-hydrogen) atoms. The molecule has 1 atom stereocenters. The van der Waals surface area contributed by atoms with E-state index in [1.807, 2.05) is 26.0 Å². The van der Waals surface area contributed by atoms with Gasteiger partial charge in [-0.15, -0.1) is 0 Å². The van der Waals surface area contributed by atoms with Gasteiger partial charge >= 0.3 is 0 Å². The molecule has 1 fully saturated rings. The van der Waals surface area contributed by atoms with E-state index < -0.39 is 20.0 Å². The Labute approximate surface area is 174 Å². The van der Waals surface area contributed by atoms with E-state index in [1.54, 1.807) is 13.8 Å². The number of nitrogens with one attached hydrogen (secondary N) is 1. The molecule has 2 aromatic rings. The maximum absolute atomic E-state index is 12.9. The summed E-state index contributed by atoms with van der Waals surface area (Å²) in [6.45, 7) is 7.90. The van der Waals surface area contributed by atoms with Crippen molar-refractivity contribution in [2.75, 3.05) is 11.3 Å². The van der Waals surface area contributed by atoms with Crippen LogP contribution >= 0.6 is 0 Å². The third-order valence-electron chi connectivity index (χ3n) is 5.33. The zero-order valence-electron chi connectivity index (χ0n) is 17.3. The van der Waals surface area contributed by atoms with Gasteiger partial charge in [-0.1, -0.05) is 24.1 Å². The van der Waals surface area contributed by atoms with Crippen LogP contribution in [-0.2, 0) is 20.0 Å². The first-order valence-electron chi connectivity index (χ1n) is 9.75. The molecule has 6 nitrogen and oxygen atoms in total. The topological polar surface area (TPSA) is 83.5 Å². The Kier molecular flexibility index (Phi) is 6.08. The Morgan fingerprint density at radius 1 is 0.931 bits per heavy atom. The third-order valence-corrected chi connectivity index (χ3v) is 9.04. The summed E-state index contributed by atoms with van der Waals surface area (Å²) in [5.74, 6) is 0. The average Bonchev–Trinajstić information content (AvgIpc) is 2.60. The molecular formula is C21H28N2O4S2. The van der Waals surface area contributed by atoms with Gasteiger partial charge < -0.3 is 0 Å². The van der Waals surface area contributed by atoms with Gasteiger partial charge in [-0.3, -0.25) is 4.72 Å². The molecule has 1 N–H and O–H groups in total. The van der Waals surface area contributed by atoms with Gasteiger partial charge in [0.2, 0.25) is 10.0 Å². The van der Waals surface area contributed by atoms with E-state index in [4.69, 9.17) is 0 Å². The lowest BCUT2D eigenvalue weighted by Crippen LogP contribution is -2.41. The van der Waals surface area contributed by atoms with Crippen LogP contribution < -0.4 is 4.72 Å². The molecule has 0 radical (unpaired) electrons. The predicted octanol–water partition coefficient (Wildman–Crippen LogP) is 3.98.